The Balaban J connectivity index is 2.24. The van der Waals surface area contributed by atoms with Crippen molar-refractivity contribution in [2.75, 3.05) is 12.4 Å². The molecule has 0 radical (unpaired) electrons. The van der Waals surface area contributed by atoms with Crippen LogP contribution in [0.4, 0.5) is 5.69 Å². The highest BCUT2D eigenvalue weighted by atomic mass is 35.5. The summed E-state index contributed by atoms with van der Waals surface area (Å²) in [5, 5.41) is 2.97. The van der Waals surface area contributed by atoms with E-state index in [0.29, 0.717) is 16.5 Å². The SMILES string of the molecule is COc1ccc(Cl)cc1C(=O)Nc1ccc(S(=O)(=O)O)cc1. The van der Waals surface area contributed by atoms with Crippen LogP contribution >= 0.6 is 11.6 Å². The molecule has 6 nitrogen and oxygen atoms in total. The third-order valence-corrected chi connectivity index (χ3v) is 3.92. The molecule has 2 rings (SSSR count). The lowest BCUT2D eigenvalue weighted by molar-refractivity contribution is 0.102. The number of hydrogen-bond donors (Lipinski definition) is 2. The van der Waals surface area contributed by atoms with Crippen LogP contribution in [0.5, 0.6) is 5.75 Å². The Morgan fingerprint density at radius 2 is 1.82 bits per heavy atom. The summed E-state index contributed by atoms with van der Waals surface area (Å²) < 4.78 is 35.9. The molecule has 2 aromatic carbocycles. The van der Waals surface area contributed by atoms with E-state index in [-0.39, 0.29) is 10.5 Å². The van der Waals surface area contributed by atoms with Crippen molar-refractivity contribution >= 4 is 33.3 Å². The predicted molar refractivity (Wildman–Crippen MR) is 82.2 cm³/mol. The Morgan fingerprint density at radius 3 is 2.36 bits per heavy atom. The summed E-state index contributed by atoms with van der Waals surface area (Å²) in [6, 6.07) is 9.70. The molecule has 0 aliphatic heterocycles. The molecule has 0 aliphatic rings. The normalized spacial score (nSPS) is 11.0. The molecular weight excluding hydrogens is 330 g/mol. The highest BCUT2D eigenvalue weighted by Crippen LogP contribution is 2.24. The molecule has 0 aromatic heterocycles. The van der Waals surface area contributed by atoms with Gasteiger partial charge in [0, 0.05) is 10.7 Å². The molecule has 8 heteroatoms. The minimum Gasteiger partial charge on any atom is -0.496 e. The summed E-state index contributed by atoms with van der Waals surface area (Å²) >= 11 is 5.86. The van der Waals surface area contributed by atoms with E-state index in [1.807, 2.05) is 0 Å². The number of benzene rings is 2. The second-order valence-electron chi connectivity index (χ2n) is 4.30. The van der Waals surface area contributed by atoms with Gasteiger partial charge in [0.05, 0.1) is 17.6 Å². The fourth-order valence-corrected chi connectivity index (χ4v) is 2.42. The topological polar surface area (TPSA) is 92.7 Å². The Kier molecular flexibility index (Phi) is 4.70. The maximum Gasteiger partial charge on any atom is 0.294 e. The monoisotopic (exact) mass is 341 g/mol. The van der Waals surface area contributed by atoms with Gasteiger partial charge < -0.3 is 10.1 Å². The third kappa shape index (κ3) is 3.76. The lowest BCUT2D eigenvalue weighted by Crippen LogP contribution is -2.13. The van der Waals surface area contributed by atoms with E-state index in [1.54, 1.807) is 12.1 Å². The summed E-state index contributed by atoms with van der Waals surface area (Å²) in [5.41, 5.74) is 0.605. The summed E-state index contributed by atoms with van der Waals surface area (Å²) in [6.07, 6.45) is 0. The third-order valence-electron chi connectivity index (χ3n) is 2.82. The molecule has 0 fully saturated rings. The van der Waals surface area contributed by atoms with Gasteiger partial charge in [0.2, 0.25) is 0 Å². The zero-order chi connectivity index (χ0) is 16.3. The van der Waals surface area contributed by atoms with Gasteiger partial charge in [-0.25, -0.2) is 0 Å². The van der Waals surface area contributed by atoms with Gasteiger partial charge >= 0.3 is 0 Å². The quantitative estimate of drug-likeness (QED) is 0.834. The van der Waals surface area contributed by atoms with Gasteiger partial charge in [-0.05, 0) is 42.5 Å². The number of halogens is 1. The molecule has 116 valence electrons. The maximum atomic E-state index is 12.2. The minimum atomic E-state index is -4.27. The van der Waals surface area contributed by atoms with E-state index < -0.39 is 16.0 Å². The van der Waals surface area contributed by atoms with Crippen molar-refractivity contribution in [3.05, 3.63) is 53.1 Å². The summed E-state index contributed by atoms with van der Waals surface area (Å²) in [5.74, 6) is -0.101. The van der Waals surface area contributed by atoms with Gasteiger partial charge in [-0.1, -0.05) is 11.6 Å². The first-order chi connectivity index (χ1) is 10.3. The standard InChI is InChI=1S/C14H12ClNO5S/c1-21-13-7-2-9(15)8-12(13)14(17)16-10-3-5-11(6-4-10)22(18,19)20/h2-8H,1H3,(H,16,17)(H,18,19,20). The van der Waals surface area contributed by atoms with Crippen molar-refractivity contribution in [3.63, 3.8) is 0 Å². The van der Waals surface area contributed by atoms with Gasteiger partial charge in [0.25, 0.3) is 16.0 Å². The number of rotatable bonds is 4. The first-order valence-corrected chi connectivity index (χ1v) is 7.85. The predicted octanol–water partition coefficient (Wildman–Crippen LogP) is 2.85. The molecule has 0 bridgehead atoms. The van der Waals surface area contributed by atoms with Crippen molar-refractivity contribution < 1.29 is 22.5 Å². The lowest BCUT2D eigenvalue weighted by atomic mass is 10.2. The Hall–Kier alpha value is -2.09. The molecule has 22 heavy (non-hydrogen) atoms. The second kappa shape index (κ2) is 6.35. The molecule has 0 atom stereocenters. The molecule has 2 N–H and O–H groups in total. The van der Waals surface area contributed by atoms with E-state index in [1.165, 1.54) is 37.4 Å². The number of hydrogen-bond acceptors (Lipinski definition) is 4. The molecular formula is C14H12ClNO5S. The first kappa shape index (κ1) is 16.3. The molecule has 1 amide bonds. The smallest absolute Gasteiger partial charge is 0.294 e. The Labute approximate surface area is 132 Å². The number of amides is 1. The highest BCUT2D eigenvalue weighted by Gasteiger charge is 2.14. The largest absolute Gasteiger partial charge is 0.496 e. The van der Waals surface area contributed by atoms with E-state index >= 15 is 0 Å². The van der Waals surface area contributed by atoms with Gasteiger partial charge in [-0.2, -0.15) is 8.42 Å². The number of carbonyl (C=O) groups excluding carboxylic acids is 1. The minimum absolute atomic E-state index is 0.244. The van der Waals surface area contributed by atoms with Gasteiger partial charge in [0.15, 0.2) is 0 Å². The van der Waals surface area contributed by atoms with Crippen LogP contribution in [0.25, 0.3) is 0 Å². The molecule has 2 aromatic rings. The van der Waals surface area contributed by atoms with Crippen molar-refractivity contribution in [2.24, 2.45) is 0 Å². The van der Waals surface area contributed by atoms with Crippen LogP contribution in [0.3, 0.4) is 0 Å². The van der Waals surface area contributed by atoms with Gasteiger partial charge in [0.1, 0.15) is 5.75 Å². The van der Waals surface area contributed by atoms with E-state index in [2.05, 4.69) is 5.32 Å². The number of methoxy groups -OCH3 is 1. The summed E-state index contributed by atoms with van der Waals surface area (Å²) in [4.78, 5) is 12.0. The van der Waals surface area contributed by atoms with Crippen LogP contribution in [-0.4, -0.2) is 26.0 Å². The molecule has 0 heterocycles. The van der Waals surface area contributed by atoms with E-state index in [4.69, 9.17) is 20.9 Å². The maximum absolute atomic E-state index is 12.2. The number of anilines is 1. The Bertz CT molecular complexity index is 802. The zero-order valence-corrected chi connectivity index (χ0v) is 13.0. The highest BCUT2D eigenvalue weighted by molar-refractivity contribution is 7.85. The number of carbonyl (C=O) groups is 1. The molecule has 0 unspecified atom stereocenters. The van der Waals surface area contributed by atoms with Crippen LogP contribution in [0, 0.1) is 0 Å². The van der Waals surface area contributed by atoms with Crippen molar-refractivity contribution in [2.45, 2.75) is 4.90 Å². The van der Waals surface area contributed by atoms with E-state index in [0.717, 1.165) is 0 Å². The lowest BCUT2D eigenvalue weighted by Gasteiger charge is -2.10. The summed E-state index contributed by atoms with van der Waals surface area (Å²) in [6.45, 7) is 0. The Morgan fingerprint density at radius 1 is 1.18 bits per heavy atom. The number of nitrogens with one attached hydrogen (secondary N) is 1. The van der Waals surface area contributed by atoms with Crippen LogP contribution in [0.15, 0.2) is 47.4 Å². The van der Waals surface area contributed by atoms with Crippen molar-refractivity contribution in [3.8, 4) is 5.75 Å². The van der Waals surface area contributed by atoms with E-state index in [9.17, 15) is 13.2 Å². The molecule has 0 spiro atoms. The van der Waals surface area contributed by atoms with Crippen LogP contribution < -0.4 is 10.1 Å². The summed E-state index contributed by atoms with van der Waals surface area (Å²) in [7, 11) is -2.84. The van der Waals surface area contributed by atoms with Crippen LogP contribution in [0.2, 0.25) is 5.02 Å². The van der Waals surface area contributed by atoms with Gasteiger partial charge in [-0.3, -0.25) is 9.35 Å². The second-order valence-corrected chi connectivity index (χ2v) is 6.16. The van der Waals surface area contributed by atoms with Crippen molar-refractivity contribution in [1.82, 2.24) is 0 Å². The van der Waals surface area contributed by atoms with Crippen molar-refractivity contribution in [1.29, 1.82) is 0 Å². The van der Waals surface area contributed by atoms with Gasteiger partial charge in [-0.15, -0.1) is 0 Å². The molecule has 0 aliphatic carbocycles. The molecule has 0 saturated heterocycles. The zero-order valence-electron chi connectivity index (χ0n) is 11.4. The van der Waals surface area contributed by atoms with Crippen LogP contribution in [-0.2, 0) is 10.1 Å². The van der Waals surface area contributed by atoms with Crippen LogP contribution in [0.1, 0.15) is 10.4 Å². The average molecular weight is 342 g/mol. The first-order valence-electron chi connectivity index (χ1n) is 6.03. The fraction of sp³-hybridized carbons (Fsp3) is 0.0714. The number of ether oxygens (including phenoxy) is 1. The average Bonchev–Trinajstić information content (AvgIpc) is 2.46. The fourth-order valence-electron chi connectivity index (χ4n) is 1.77. The molecule has 0 saturated carbocycles.